The average molecular weight is 358 g/mol. The van der Waals surface area contributed by atoms with E-state index < -0.39 is 7.26 Å². The Labute approximate surface area is 156 Å². The molecule has 0 saturated heterocycles. The van der Waals surface area contributed by atoms with Gasteiger partial charge in [-0.3, -0.25) is 0 Å². The number of hydrogen-bond acceptors (Lipinski definition) is 0. The molecule has 0 radical (unpaired) electrons. The van der Waals surface area contributed by atoms with Crippen molar-refractivity contribution in [3.8, 4) is 0 Å². The van der Waals surface area contributed by atoms with Crippen molar-refractivity contribution in [2.45, 2.75) is 124 Å². The summed E-state index contributed by atoms with van der Waals surface area (Å²) in [5.41, 5.74) is 0. The van der Waals surface area contributed by atoms with Crippen molar-refractivity contribution in [2.75, 3.05) is 24.6 Å². The molecule has 0 aliphatic carbocycles. The van der Waals surface area contributed by atoms with Crippen LogP contribution in [0.2, 0.25) is 0 Å². The lowest BCUT2D eigenvalue weighted by Gasteiger charge is -2.23. The number of rotatable bonds is 19. The van der Waals surface area contributed by atoms with Crippen LogP contribution >= 0.6 is 7.26 Å². The summed E-state index contributed by atoms with van der Waals surface area (Å²) < 4.78 is 0. The van der Waals surface area contributed by atoms with Crippen LogP contribution in [0.3, 0.4) is 0 Å². The Balaban J connectivity index is 3.23. The largest absolute Gasteiger partial charge is 0.0654 e. The van der Waals surface area contributed by atoms with Crippen LogP contribution in [0.25, 0.3) is 0 Å². The first-order valence-electron chi connectivity index (χ1n) is 11.6. The van der Waals surface area contributed by atoms with Crippen molar-refractivity contribution in [2.24, 2.45) is 0 Å². The van der Waals surface area contributed by atoms with Gasteiger partial charge in [-0.2, -0.15) is 0 Å². The SMILES string of the molecule is CCCCCCCCCCCCCCCCC[P+](CC)(CC)CC. The summed E-state index contributed by atoms with van der Waals surface area (Å²) in [5.74, 6) is 0. The van der Waals surface area contributed by atoms with Gasteiger partial charge in [0.15, 0.2) is 0 Å². The molecule has 0 aliphatic rings. The summed E-state index contributed by atoms with van der Waals surface area (Å²) in [6, 6.07) is 0. The van der Waals surface area contributed by atoms with Gasteiger partial charge in [0.2, 0.25) is 0 Å². The van der Waals surface area contributed by atoms with E-state index in [1.54, 1.807) is 6.16 Å². The molecule has 0 aliphatic heterocycles. The fourth-order valence-corrected chi connectivity index (χ4v) is 7.15. The predicted molar refractivity (Wildman–Crippen MR) is 118 cm³/mol. The van der Waals surface area contributed by atoms with E-state index >= 15 is 0 Å². The standard InChI is InChI=1S/C23H50P/c1-5-9-10-11-12-13-14-15-16-17-18-19-20-21-22-23-24(6-2,7-3)8-4/h5-23H2,1-4H3/q+1. The second-order valence-corrected chi connectivity index (χ2v) is 13.0. The van der Waals surface area contributed by atoms with Gasteiger partial charge in [0.1, 0.15) is 0 Å². The minimum absolute atomic E-state index is 0.525. The summed E-state index contributed by atoms with van der Waals surface area (Å²) in [5, 5.41) is 0. The molecule has 0 amide bonds. The Hall–Kier alpha value is 0.430. The highest BCUT2D eigenvalue weighted by Crippen LogP contribution is 2.58. The molecule has 1 heteroatoms. The maximum atomic E-state index is 2.44. The first-order chi connectivity index (χ1) is 11.7. The van der Waals surface area contributed by atoms with Crippen LogP contribution in [0, 0.1) is 0 Å². The van der Waals surface area contributed by atoms with Gasteiger partial charge in [-0.25, -0.2) is 0 Å². The molecule has 0 unspecified atom stereocenters. The zero-order valence-corrected chi connectivity index (χ0v) is 18.8. The molecular formula is C23H50P+. The van der Waals surface area contributed by atoms with Crippen LogP contribution < -0.4 is 0 Å². The van der Waals surface area contributed by atoms with E-state index in [1.165, 1.54) is 115 Å². The highest BCUT2D eigenvalue weighted by molar-refractivity contribution is 7.75. The maximum absolute atomic E-state index is 2.44. The highest BCUT2D eigenvalue weighted by Gasteiger charge is 2.29. The van der Waals surface area contributed by atoms with E-state index in [-0.39, 0.29) is 0 Å². The van der Waals surface area contributed by atoms with Crippen LogP contribution in [0.5, 0.6) is 0 Å². The lowest BCUT2D eigenvalue weighted by atomic mass is 10.0. The quantitative estimate of drug-likeness (QED) is 0.160. The Bertz CT molecular complexity index is 224. The minimum Gasteiger partial charge on any atom is -0.0654 e. The number of unbranched alkanes of at least 4 members (excludes halogenated alkanes) is 14. The van der Waals surface area contributed by atoms with E-state index in [2.05, 4.69) is 27.7 Å². The third-order valence-electron chi connectivity index (χ3n) is 6.25. The molecule has 0 fully saturated rings. The number of hydrogen-bond donors (Lipinski definition) is 0. The molecule has 0 nitrogen and oxygen atoms in total. The molecule has 0 rings (SSSR count). The normalized spacial score (nSPS) is 12.0. The van der Waals surface area contributed by atoms with Gasteiger partial charge in [-0.15, -0.1) is 0 Å². The zero-order valence-electron chi connectivity index (χ0n) is 17.9. The molecule has 146 valence electrons. The van der Waals surface area contributed by atoms with Crippen LogP contribution in [-0.4, -0.2) is 24.6 Å². The Kier molecular flexibility index (Phi) is 18.6. The summed E-state index contributed by atoms with van der Waals surface area (Å²) in [6.07, 6.45) is 28.2. The van der Waals surface area contributed by atoms with Crippen LogP contribution in [0.15, 0.2) is 0 Å². The van der Waals surface area contributed by atoms with Gasteiger partial charge < -0.3 is 0 Å². The highest BCUT2D eigenvalue weighted by atomic mass is 31.2. The summed E-state index contributed by atoms with van der Waals surface area (Å²) >= 11 is 0. The molecule has 0 spiro atoms. The van der Waals surface area contributed by atoms with Crippen LogP contribution in [0.1, 0.15) is 124 Å². The van der Waals surface area contributed by atoms with Crippen molar-refractivity contribution in [1.29, 1.82) is 0 Å². The molecule has 0 atom stereocenters. The minimum atomic E-state index is -0.525. The Morgan fingerprint density at radius 2 is 0.667 bits per heavy atom. The van der Waals surface area contributed by atoms with Gasteiger partial charge in [0.25, 0.3) is 0 Å². The van der Waals surface area contributed by atoms with Crippen molar-refractivity contribution in [3.05, 3.63) is 0 Å². The molecule has 0 heterocycles. The topological polar surface area (TPSA) is 0 Å². The molecule has 0 N–H and O–H groups in total. The maximum Gasteiger partial charge on any atom is 0.0594 e. The summed E-state index contributed by atoms with van der Waals surface area (Å²) in [4.78, 5) is 0. The molecular weight excluding hydrogens is 307 g/mol. The molecule has 0 aromatic rings. The Morgan fingerprint density at radius 3 is 0.958 bits per heavy atom. The van der Waals surface area contributed by atoms with Crippen LogP contribution in [0.4, 0.5) is 0 Å². The van der Waals surface area contributed by atoms with Gasteiger partial charge in [0.05, 0.1) is 24.6 Å². The fourth-order valence-electron chi connectivity index (χ4n) is 3.96. The first-order valence-corrected chi connectivity index (χ1v) is 14.1. The van der Waals surface area contributed by atoms with Crippen molar-refractivity contribution < 1.29 is 0 Å². The van der Waals surface area contributed by atoms with Gasteiger partial charge in [-0.1, -0.05) is 90.4 Å². The molecule has 0 saturated carbocycles. The van der Waals surface area contributed by atoms with Gasteiger partial charge in [0, 0.05) is 7.26 Å². The summed E-state index contributed by atoms with van der Waals surface area (Å²) in [6.45, 7) is 9.61. The third-order valence-corrected chi connectivity index (χ3v) is 11.5. The molecule has 0 aromatic carbocycles. The lowest BCUT2D eigenvalue weighted by molar-refractivity contribution is 0.534. The zero-order chi connectivity index (χ0) is 17.9. The van der Waals surface area contributed by atoms with E-state index in [4.69, 9.17) is 0 Å². The van der Waals surface area contributed by atoms with Crippen molar-refractivity contribution in [1.82, 2.24) is 0 Å². The smallest absolute Gasteiger partial charge is 0.0594 e. The second kappa shape index (κ2) is 18.2. The third kappa shape index (κ3) is 13.7. The molecule has 0 bridgehead atoms. The fraction of sp³-hybridized carbons (Fsp3) is 1.00. The van der Waals surface area contributed by atoms with Crippen molar-refractivity contribution >= 4 is 7.26 Å². The predicted octanol–water partition coefficient (Wildman–Crippen LogP) is 8.94. The van der Waals surface area contributed by atoms with Crippen molar-refractivity contribution in [3.63, 3.8) is 0 Å². The van der Waals surface area contributed by atoms with E-state index in [0.717, 1.165) is 0 Å². The van der Waals surface area contributed by atoms with Gasteiger partial charge >= 0.3 is 0 Å². The average Bonchev–Trinajstić information content (AvgIpc) is 2.62. The second-order valence-electron chi connectivity index (χ2n) is 7.96. The first kappa shape index (κ1) is 24.4. The Morgan fingerprint density at radius 1 is 0.375 bits per heavy atom. The summed E-state index contributed by atoms with van der Waals surface area (Å²) in [7, 11) is -0.525. The molecule has 24 heavy (non-hydrogen) atoms. The van der Waals surface area contributed by atoms with Crippen LogP contribution in [-0.2, 0) is 0 Å². The van der Waals surface area contributed by atoms with Gasteiger partial charge in [-0.05, 0) is 33.6 Å². The lowest BCUT2D eigenvalue weighted by Crippen LogP contribution is -2.07. The van der Waals surface area contributed by atoms with E-state index in [1.807, 2.05) is 0 Å². The monoisotopic (exact) mass is 357 g/mol. The van der Waals surface area contributed by atoms with E-state index in [0.29, 0.717) is 0 Å². The molecule has 0 aromatic heterocycles. The van der Waals surface area contributed by atoms with E-state index in [9.17, 15) is 0 Å².